The summed E-state index contributed by atoms with van der Waals surface area (Å²) in [7, 11) is 0. The van der Waals surface area contributed by atoms with Crippen molar-refractivity contribution in [3.05, 3.63) is 70.7 Å². The second-order valence-electron chi connectivity index (χ2n) is 5.66. The highest BCUT2D eigenvalue weighted by atomic mass is 35.5. The van der Waals surface area contributed by atoms with Gasteiger partial charge in [0, 0.05) is 10.6 Å². The van der Waals surface area contributed by atoms with Gasteiger partial charge in [0.05, 0.1) is 32.4 Å². The highest BCUT2D eigenvalue weighted by Crippen LogP contribution is 2.08. The molecule has 1 fully saturated rings. The summed E-state index contributed by atoms with van der Waals surface area (Å²) >= 11 is 5.93. The quantitative estimate of drug-likeness (QED) is 0.857. The second-order valence-corrected chi connectivity index (χ2v) is 6.10. The molecule has 0 radical (unpaired) electrons. The lowest BCUT2D eigenvalue weighted by molar-refractivity contribution is -0.918. The van der Waals surface area contributed by atoms with Crippen LogP contribution in [0.25, 0.3) is 0 Å². The maximum Gasteiger partial charge on any atom is 0.103 e. The standard InChI is InChI=1S/C18H20ClN3/c19-18-8-6-17(7-9-18)15-21-10-12-22(13-11-21)20-14-16-4-2-1-3-5-16/h1-9,14H,10-13,15H2/p+1/b20-14-. The fourth-order valence-electron chi connectivity index (χ4n) is 2.68. The number of piperazine rings is 1. The number of halogens is 1. The summed E-state index contributed by atoms with van der Waals surface area (Å²) in [4.78, 5) is 1.61. The van der Waals surface area contributed by atoms with Gasteiger partial charge >= 0.3 is 0 Å². The van der Waals surface area contributed by atoms with Crippen molar-refractivity contribution in [3.63, 3.8) is 0 Å². The molecule has 0 aromatic heterocycles. The maximum atomic E-state index is 5.93. The van der Waals surface area contributed by atoms with Crippen molar-refractivity contribution in [2.75, 3.05) is 26.2 Å². The van der Waals surface area contributed by atoms with Crippen LogP contribution in [0.2, 0.25) is 5.02 Å². The van der Waals surface area contributed by atoms with E-state index in [4.69, 9.17) is 11.6 Å². The van der Waals surface area contributed by atoms with Gasteiger partial charge in [-0.15, -0.1) is 0 Å². The Morgan fingerprint density at radius 1 is 1.00 bits per heavy atom. The van der Waals surface area contributed by atoms with Crippen LogP contribution >= 0.6 is 11.6 Å². The molecule has 1 saturated heterocycles. The van der Waals surface area contributed by atoms with Crippen molar-refractivity contribution in [1.82, 2.24) is 5.01 Å². The fourth-order valence-corrected chi connectivity index (χ4v) is 2.81. The molecule has 3 rings (SSSR count). The molecule has 1 aliphatic rings. The Balaban J connectivity index is 1.48. The zero-order chi connectivity index (χ0) is 15.2. The highest BCUT2D eigenvalue weighted by Gasteiger charge is 2.18. The average molecular weight is 315 g/mol. The molecule has 1 heterocycles. The molecule has 2 aromatic rings. The van der Waals surface area contributed by atoms with E-state index in [0.717, 1.165) is 43.3 Å². The number of hydrazone groups is 1. The number of quaternary nitrogens is 1. The van der Waals surface area contributed by atoms with Crippen molar-refractivity contribution >= 4 is 17.8 Å². The van der Waals surface area contributed by atoms with Crippen LogP contribution in [0.4, 0.5) is 0 Å². The topological polar surface area (TPSA) is 20.0 Å². The van der Waals surface area contributed by atoms with Gasteiger partial charge in [-0.25, -0.2) is 0 Å². The Morgan fingerprint density at radius 3 is 2.36 bits per heavy atom. The van der Waals surface area contributed by atoms with Crippen molar-refractivity contribution in [2.24, 2.45) is 5.10 Å². The molecule has 0 spiro atoms. The molecule has 0 saturated carbocycles. The zero-order valence-electron chi connectivity index (χ0n) is 12.6. The summed E-state index contributed by atoms with van der Waals surface area (Å²) in [6, 6.07) is 18.4. The number of nitrogens with one attached hydrogen (secondary N) is 1. The summed E-state index contributed by atoms with van der Waals surface area (Å²) in [5, 5.41) is 7.55. The third-order valence-electron chi connectivity index (χ3n) is 3.98. The van der Waals surface area contributed by atoms with Crippen molar-refractivity contribution < 1.29 is 4.90 Å². The van der Waals surface area contributed by atoms with E-state index < -0.39 is 0 Å². The molecule has 0 amide bonds. The molecule has 4 heteroatoms. The van der Waals surface area contributed by atoms with Crippen LogP contribution in [0.3, 0.4) is 0 Å². The first kappa shape index (κ1) is 15.1. The smallest absolute Gasteiger partial charge is 0.103 e. The van der Waals surface area contributed by atoms with E-state index in [-0.39, 0.29) is 0 Å². The number of rotatable bonds is 4. The van der Waals surface area contributed by atoms with Gasteiger partial charge in [0.25, 0.3) is 0 Å². The summed E-state index contributed by atoms with van der Waals surface area (Å²) in [5.41, 5.74) is 2.50. The largest absolute Gasteiger partial charge is 0.328 e. The minimum atomic E-state index is 0.804. The monoisotopic (exact) mass is 314 g/mol. The summed E-state index contributed by atoms with van der Waals surface area (Å²) < 4.78 is 0. The van der Waals surface area contributed by atoms with Crippen LogP contribution in [-0.2, 0) is 6.54 Å². The molecule has 3 nitrogen and oxygen atoms in total. The van der Waals surface area contributed by atoms with E-state index in [0.29, 0.717) is 0 Å². The van der Waals surface area contributed by atoms with E-state index in [1.807, 2.05) is 36.5 Å². The van der Waals surface area contributed by atoms with Crippen LogP contribution in [0, 0.1) is 0 Å². The minimum Gasteiger partial charge on any atom is -0.328 e. The minimum absolute atomic E-state index is 0.804. The van der Waals surface area contributed by atoms with Gasteiger partial charge in [-0.1, -0.05) is 54.1 Å². The van der Waals surface area contributed by atoms with Gasteiger partial charge in [0.15, 0.2) is 0 Å². The van der Waals surface area contributed by atoms with Gasteiger partial charge in [-0.3, -0.25) is 5.01 Å². The van der Waals surface area contributed by atoms with Crippen LogP contribution < -0.4 is 4.90 Å². The van der Waals surface area contributed by atoms with Crippen molar-refractivity contribution in [2.45, 2.75) is 6.54 Å². The lowest BCUT2D eigenvalue weighted by atomic mass is 10.2. The van der Waals surface area contributed by atoms with Crippen molar-refractivity contribution in [1.29, 1.82) is 0 Å². The maximum absolute atomic E-state index is 5.93. The summed E-state index contributed by atoms with van der Waals surface area (Å²) in [5.74, 6) is 0. The third-order valence-corrected chi connectivity index (χ3v) is 4.24. The van der Waals surface area contributed by atoms with Crippen LogP contribution in [0.15, 0.2) is 59.7 Å². The van der Waals surface area contributed by atoms with Gasteiger partial charge in [0.1, 0.15) is 6.54 Å². The molecule has 0 bridgehead atoms. The SMILES string of the molecule is Clc1ccc(C[NH+]2CCN(/N=C\c3ccccc3)CC2)cc1. The Labute approximate surface area is 136 Å². The van der Waals surface area contributed by atoms with Gasteiger partial charge in [-0.05, 0) is 17.7 Å². The third kappa shape index (κ3) is 4.33. The molecule has 0 atom stereocenters. The average Bonchev–Trinajstić information content (AvgIpc) is 2.57. The van der Waals surface area contributed by atoms with Crippen molar-refractivity contribution in [3.8, 4) is 0 Å². The Kier molecular flexibility index (Phi) is 5.09. The van der Waals surface area contributed by atoms with Crippen LogP contribution in [-0.4, -0.2) is 37.4 Å². The first-order valence-corrected chi connectivity index (χ1v) is 8.09. The lowest BCUT2D eigenvalue weighted by Crippen LogP contribution is -3.13. The molecule has 0 unspecified atom stereocenters. The summed E-state index contributed by atoms with van der Waals surface area (Å²) in [6.07, 6.45) is 1.95. The van der Waals surface area contributed by atoms with E-state index in [2.05, 4.69) is 34.4 Å². The van der Waals surface area contributed by atoms with Gasteiger partial charge in [-0.2, -0.15) is 5.10 Å². The van der Waals surface area contributed by atoms with E-state index >= 15 is 0 Å². The Hall–Kier alpha value is -1.84. The second kappa shape index (κ2) is 7.43. The Morgan fingerprint density at radius 2 is 1.68 bits per heavy atom. The molecule has 2 aromatic carbocycles. The molecule has 1 aliphatic heterocycles. The van der Waals surface area contributed by atoms with Gasteiger partial charge < -0.3 is 4.90 Å². The van der Waals surface area contributed by atoms with Gasteiger partial charge in [0.2, 0.25) is 0 Å². The van der Waals surface area contributed by atoms with Crippen LogP contribution in [0.1, 0.15) is 11.1 Å². The summed E-state index contributed by atoms with van der Waals surface area (Å²) in [6.45, 7) is 5.31. The number of benzene rings is 2. The number of hydrogen-bond donors (Lipinski definition) is 1. The lowest BCUT2D eigenvalue weighted by Gasteiger charge is -2.30. The first-order valence-electron chi connectivity index (χ1n) is 7.71. The number of nitrogens with zero attached hydrogens (tertiary/aromatic N) is 2. The first-order chi connectivity index (χ1) is 10.8. The Bertz CT molecular complexity index is 602. The van der Waals surface area contributed by atoms with E-state index in [1.54, 1.807) is 4.90 Å². The molecule has 114 valence electrons. The molecule has 22 heavy (non-hydrogen) atoms. The fraction of sp³-hybridized carbons (Fsp3) is 0.278. The van der Waals surface area contributed by atoms with E-state index in [9.17, 15) is 0 Å². The predicted molar refractivity (Wildman–Crippen MR) is 91.5 cm³/mol. The molecule has 1 N–H and O–H groups in total. The molecular weight excluding hydrogens is 294 g/mol. The number of hydrogen-bond acceptors (Lipinski definition) is 2. The van der Waals surface area contributed by atoms with E-state index in [1.165, 1.54) is 5.56 Å². The normalized spacial score (nSPS) is 16.3. The van der Waals surface area contributed by atoms with Crippen LogP contribution in [0.5, 0.6) is 0 Å². The molecular formula is C18H21ClN3+. The zero-order valence-corrected chi connectivity index (χ0v) is 13.3. The highest BCUT2D eigenvalue weighted by molar-refractivity contribution is 6.30. The molecule has 0 aliphatic carbocycles. The predicted octanol–water partition coefficient (Wildman–Crippen LogP) is 2.07.